The number of fused-ring (bicyclic) bond motifs is 1. The van der Waals surface area contributed by atoms with E-state index in [1.807, 2.05) is 25.1 Å². The number of carbonyl (C=O) groups excluding carboxylic acids is 2. The highest BCUT2D eigenvalue weighted by molar-refractivity contribution is 6.07. The summed E-state index contributed by atoms with van der Waals surface area (Å²) in [7, 11) is 0. The van der Waals surface area contributed by atoms with Crippen LogP contribution >= 0.6 is 0 Å². The maximum Gasteiger partial charge on any atom is 0.336 e. The maximum absolute atomic E-state index is 13.1. The molecule has 2 aliphatic rings. The first-order chi connectivity index (χ1) is 13.0. The van der Waals surface area contributed by atoms with Crippen molar-refractivity contribution in [3.8, 4) is 0 Å². The van der Waals surface area contributed by atoms with Crippen LogP contribution in [-0.2, 0) is 17.8 Å². The second kappa shape index (κ2) is 6.83. The molecule has 1 aromatic carbocycles. The molecule has 1 spiro atoms. The van der Waals surface area contributed by atoms with E-state index >= 15 is 0 Å². The van der Waals surface area contributed by atoms with Crippen molar-refractivity contribution < 1.29 is 14.0 Å². The predicted molar refractivity (Wildman–Crippen MR) is 101 cm³/mol. The van der Waals surface area contributed by atoms with Crippen molar-refractivity contribution in [2.45, 2.75) is 64.0 Å². The molecule has 2 heterocycles. The monoisotopic (exact) mass is 368 g/mol. The Morgan fingerprint density at radius 1 is 1.07 bits per heavy atom. The van der Waals surface area contributed by atoms with Crippen molar-refractivity contribution in [2.75, 3.05) is 0 Å². The van der Waals surface area contributed by atoms with Crippen LogP contribution in [0, 0.1) is 0 Å². The fourth-order valence-corrected chi connectivity index (χ4v) is 4.29. The zero-order valence-electron chi connectivity index (χ0n) is 15.5. The number of imide groups is 1. The Morgan fingerprint density at radius 2 is 1.81 bits per heavy atom. The van der Waals surface area contributed by atoms with Gasteiger partial charge in [0.25, 0.3) is 5.91 Å². The van der Waals surface area contributed by atoms with Gasteiger partial charge in [0, 0.05) is 11.5 Å². The van der Waals surface area contributed by atoms with Crippen LogP contribution in [0.15, 0.2) is 33.5 Å². The molecule has 1 saturated heterocycles. The highest BCUT2D eigenvalue weighted by atomic mass is 16.4. The van der Waals surface area contributed by atoms with Gasteiger partial charge in [-0.2, -0.15) is 0 Å². The molecule has 6 heteroatoms. The Bertz CT molecular complexity index is 954. The van der Waals surface area contributed by atoms with Crippen molar-refractivity contribution in [1.29, 1.82) is 0 Å². The third-order valence-electron chi connectivity index (χ3n) is 5.83. The van der Waals surface area contributed by atoms with Gasteiger partial charge in [0.2, 0.25) is 0 Å². The van der Waals surface area contributed by atoms with Crippen LogP contribution < -0.4 is 10.9 Å². The van der Waals surface area contributed by atoms with Gasteiger partial charge in [0.1, 0.15) is 11.1 Å². The molecular weight excluding hydrogens is 344 g/mol. The molecule has 27 heavy (non-hydrogen) atoms. The first-order valence-electron chi connectivity index (χ1n) is 9.72. The van der Waals surface area contributed by atoms with Gasteiger partial charge in [0.15, 0.2) is 0 Å². The van der Waals surface area contributed by atoms with Gasteiger partial charge in [-0.05, 0) is 36.5 Å². The van der Waals surface area contributed by atoms with E-state index in [0.29, 0.717) is 24.0 Å². The fourth-order valence-electron chi connectivity index (χ4n) is 4.29. The number of urea groups is 1. The van der Waals surface area contributed by atoms with Crippen LogP contribution in [0.25, 0.3) is 11.0 Å². The summed E-state index contributed by atoms with van der Waals surface area (Å²) in [5.74, 6) is -0.166. The molecular formula is C21H24N2O4. The van der Waals surface area contributed by atoms with Crippen LogP contribution in [0.3, 0.4) is 0 Å². The lowest BCUT2D eigenvalue weighted by atomic mass is 9.90. The number of nitrogens with one attached hydrogen (secondary N) is 1. The summed E-state index contributed by atoms with van der Waals surface area (Å²) < 4.78 is 5.33. The van der Waals surface area contributed by atoms with Crippen LogP contribution in [-0.4, -0.2) is 22.4 Å². The number of aryl methyl sites for hydroxylation is 1. The van der Waals surface area contributed by atoms with Gasteiger partial charge >= 0.3 is 11.7 Å². The predicted octanol–water partition coefficient (Wildman–Crippen LogP) is 3.50. The molecule has 0 unspecified atom stereocenters. The number of carbonyl (C=O) groups is 2. The van der Waals surface area contributed by atoms with Crippen molar-refractivity contribution >= 4 is 22.9 Å². The maximum atomic E-state index is 13.1. The zero-order chi connectivity index (χ0) is 19.0. The highest BCUT2D eigenvalue weighted by Gasteiger charge is 2.50. The first kappa shape index (κ1) is 17.8. The van der Waals surface area contributed by atoms with Gasteiger partial charge in [0.05, 0.1) is 6.54 Å². The summed E-state index contributed by atoms with van der Waals surface area (Å²) >= 11 is 0. The van der Waals surface area contributed by atoms with Crippen LogP contribution in [0.4, 0.5) is 4.79 Å². The molecule has 2 fully saturated rings. The summed E-state index contributed by atoms with van der Waals surface area (Å²) in [6.07, 6.45) is 6.27. The molecule has 0 radical (unpaired) electrons. The summed E-state index contributed by atoms with van der Waals surface area (Å²) in [5.41, 5.74) is 0.960. The van der Waals surface area contributed by atoms with Gasteiger partial charge < -0.3 is 9.73 Å². The topological polar surface area (TPSA) is 79.6 Å². The van der Waals surface area contributed by atoms with E-state index in [9.17, 15) is 14.4 Å². The van der Waals surface area contributed by atoms with Crippen molar-refractivity contribution in [3.05, 3.63) is 45.8 Å². The summed E-state index contributed by atoms with van der Waals surface area (Å²) in [4.78, 5) is 39.0. The van der Waals surface area contributed by atoms with E-state index in [2.05, 4.69) is 5.32 Å². The second-order valence-corrected chi connectivity index (χ2v) is 7.59. The van der Waals surface area contributed by atoms with E-state index in [1.165, 1.54) is 11.0 Å². The van der Waals surface area contributed by atoms with E-state index in [-0.39, 0.29) is 18.5 Å². The lowest BCUT2D eigenvalue weighted by Gasteiger charge is -2.24. The summed E-state index contributed by atoms with van der Waals surface area (Å²) in [6.45, 7) is 2.11. The van der Waals surface area contributed by atoms with Crippen molar-refractivity contribution in [3.63, 3.8) is 0 Å². The van der Waals surface area contributed by atoms with Crippen molar-refractivity contribution in [1.82, 2.24) is 10.2 Å². The lowest BCUT2D eigenvalue weighted by molar-refractivity contribution is -0.132. The summed E-state index contributed by atoms with van der Waals surface area (Å²) in [6, 6.07) is 6.73. The van der Waals surface area contributed by atoms with E-state index < -0.39 is 11.2 Å². The second-order valence-electron chi connectivity index (χ2n) is 7.59. The average molecular weight is 368 g/mol. The van der Waals surface area contributed by atoms with E-state index in [4.69, 9.17) is 4.42 Å². The van der Waals surface area contributed by atoms with Gasteiger partial charge in [-0.15, -0.1) is 0 Å². The smallest absolute Gasteiger partial charge is 0.336 e. The Labute approximate surface area is 157 Å². The minimum Gasteiger partial charge on any atom is -0.423 e. The average Bonchev–Trinajstić information content (AvgIpc) is 2.82. The number of hydrogen-bond acceptors (Lipinski definition) is 4. The lowest BCUT2D eigenvalue weighted by Crippen LogP contribution is -2.46. The fraction of sp³-hybridized carbons (Fsp3) is 0.476. The van der Waals surface area contributed by atoms with Crippen molar-refractivity contribution in [2.24, 2.45) is 0 Å². The molecule has 4 rings (SSSR count). The molecule has 3 amide bonds. The quantitative estimate of drug-likeness (QED) is 0.664. The standard InChI is InChI=1S/C21H24N2O4/c1-2-14-7-8-16-15(12-18(24)27-17(16)11-14)13-23-19(25)21(22-20(23)26)9-5-3-4-6-10-21/h7-8,11-12H,2-6,9-10,13H2,1H3,(H,22,26). The number of amides is 3. The Balaban J connectivity index is 1.68. The Morgan fingerprint density at radius 3 is 2.52 bits per heavy atom. The van der Waals surface area contributed by atoms with Gasteiger partial charge in [-0.3, -0.25) is 9.69 Å². The molecule has 0 bridgehead atoms. The molecule has 0 atom stereocenters. The molecule has 6 nitrogen and oxygen atoms in total. The largest absolute Gasteiger partial charge is 0.423 e. The summed E-state index contributed by atoms with van der Waals surface area (Å²) in [5, 5.41) is 3.70. The van der Waals surface area contributed by atoms with Crippen LogP contribution in [0.2, 0.25) is 0 Å². The normalized spacial score (nSPS) is 19.5. The highest BCUT2D eigenvalue weighted by Crippen LogP contribution is 2.33. The van der Waals surface area contributed by atoms with E-state index in [0.717, 1.165) is 43.1 Å². The molecule has 1 saturated carbocycles. The third-order valence-corrected chi connectivity index (χ3v) is 5.83. The number of benzene rings is 1. The molecule has 2 aromatic rings. The van der Waals surface area contributed by atoms with Gasteiger partial charge in [-0.25, -0.2) is 9.59 Å². The zero-order valence-corrected chi connectivity index (χ0v) is 15.5. The minimum absolute atomic E-state index is 0.0833. The Kier molecular flexibility index (Phi) is 4.50. The Hall–Kier alpha value is -2.63. The molecule has 1 aromatic heterocycles. The minimum atomic E-state index is -0.766. The van der Waals surface area contributed by atoms with Gasteiger partial charge in [-0.1, -0.05) is 44.7 Å². The number of rotatable bonds is 3. The number of hydrogen-bond donors (Lipinski definition) is 1. The first-order valence-corrected chi connectivity index (χ1v) is 9.72. The van der Waals surface area contributed by atoms with E-state index in [1.54, 1.807) is 0 Å². The molecule has 1 aliphatic carbocycles. The molecule has 1 aliphatic heterocycles. The molecule has 1 N–H and O–H groups in total. The SMILES string of the molecule is CCc1ccc2c(CN3C(=O)NC4(CCCCCC4)C3=O)cc(=O)oc2c1. The van der Waals surface area contributed by atoms with Crippen LogP contribution in [0.1, 0.15) is 56.6 Å². The number of nitrogens with zero attached hydrogens (tertiary/aromatic N) is 1. The molecule has 142 valence electrons. The third kappa shape index (κ3) is 3.13. The van der Waals surface area contributed by atoms with Crippen LogP contribution in [0.5, 0.6) is 0 Å².